The minimum absolute atomic E-state index is 0.0727. The van der Waals surface area contributed by atoms with Gasteiger partial charge in [-0.1, -0.05) is 6.07 Å². The van der Waals surface area contributed by atoms with Gasteiger partial charge in [0.05, 0.1) is 23.1 Å². The van der Waals surface area contributed by atoms with Crippen molar-refractivity contribution in [2.45, 2.75) is 19.0 Å². The Balaban J connectivity index is 1.49. The van der Waals surface area contributed by atoms with Gasteiger partial charge in [-0.25, -0.2) is 0 Å². The van der Waals surface area contributed by atoms with Crippen molar-refractivity contribution in [2.75, 3.05) is 40.3 Å². The lowest BCUT2D eigenvalue weighted by atomic mass is 10.0. The summed E-state index contributed by atoms with van der Waals surface area (Å²) in [5.41, 5.74) is -2.74. The molecule has 2 aliphatic heterocycles. The van der Waals surface area contributed by atoms with Crippen molar-refractivity contribution in [3.63, 3.8) is 0 Å². The fraction of sp³-hybridized carbons (Fsp3) is 0.360. The second-order valence-corrected chi connectivity index (χ2v) is 9.67. The molecule has 2 aliphatic rings. The van der Waals surface area contributed by atoms with Gasteiger partial charge in [0.2, 0.25) is 0 Å². The summed E-state index contributed by atoms with van der Waals surface area (Å²) in [5.74, 6) is 0.0463. The average Bonchev–Trinajstić information content (AvgIpc) is 3.22. The van der Waals surface area contributed by atoms with Gasteiger partial charge in [-0.3, -0.25) is 4.79 Å². The molecular formula is C25H23F6N3O3S. The quantitative estimate of drug-likeness (QED) is 0.355. The molecule has 0 saturated carbocycles. The Kier molecular flexibility index (Phi) is 7.98. The summed E-state index contributed by atoms with van der Waals surface area (Å²) >= 11 is 1.25. The monoisotopic (exact) mass is 559 g/mol. The second-order valence-electron chi connectivity index (χ2n) is 8.66. The van der Waals surface area contributed by atoms with Gasteiger partial charge in [-0.2, -0.15) is 31.3 Å². The predicted octanol–water partition coefficient (Wildman–Crippen LogP) is 5.53. The van der Waals surface area contributed by atoms with Crippen LogP contribution in [0.4, 0.5) is 26.3 Å². The van der Waals surface area contributed by atoms with E-state index < -0.39 is 35.6 Å². The summed E-state index contributed by atoms with van der Waals surface area (Å²) < 4.78 is 89.8. The minimum atomic E-state index is -5.00. The third-order valence-electron chi connectivity index (χ3n) is 6.01. The molecule has 0 bridgehead atoms. The van der Waals surface area contributed by atoms with Crippen LogP contribution in [0, 0.1) is 0 Å². The number of likely N-dealkylation sites (N-methyl/N-ethyl adjacent to an activating group) is 1. The Hall–Kier alpha value is -3.19. The molecule has 0 atom stereocenters. The predicted molar refractivity (Wildman–Crippen MR) is 131 cm³/mol. The van der Waals surface area contributed by atoms with Gasteiger partial charge in [-0.15, -0.1) is 0 Å². The number of benzene rings is 2. The summed E-state index contributed by atoms with van der Waals surface area (Å²) in [5, 5.41) is 0.630. The molecule has 13 heteroatoms. The summed E-state index contributed by atoms with van der Waals surface area (Å²) in [7, 11) is 3.41. The lowest BCUT2D eigenvalue weighted by molar-refractivity contribution is -0.143. The molecule has 2 heterocycles. The first kappa shape index (κ1) is 27.8. The van der Waals surface area contributed by atoms with E-state index in [0.29, 0.717) is 27.5 Å². The number of hydrogen-bond donors (Lipinski definition) is 0. The maximum atomic E-state index is 13.4. The van der Waals surface area contributed by atoms with Crippen molar-refractivity contribution in [3.05, 3.63) is 63.6 Å². The number of alkyl halides is 6. The smallest absolute Gasteiger partial charge is 0.416 e. The Morgan fingerprint density at radius 3 is 2.34 bits per heavy atom. The Bertz CT molecular complexity index is 1270. The molecule has 204 valence electrons. The number of piperazine rings is 1. The van der Waals surface area contributed by atoms with Crippen molar-refractivity contribution in [2.24, 2.45) is 4.99 Å². The number of methoxy groups -OCH3 is 1. The van der Waals surface area contributed by atoms with Gasteiger partial charge >= 0.3 is 12.4 Å². The number of ether oxygens (including phenoxy) is 2. The molecule has 0 aromatic heterocycles. The van der Waals surface area contributed by atoms with Crippen LogP contribution >= 0.6 is 11.8 Å². The molecule has 0 radical (unpaired) electrons. The third kappa shape index (κ3) is 6.44. The molecule has 1 saturated heterocycles. The van der Waals surface area contributed by atoms with Gasteiger partial charge < -0.3 is 19.3 Å². The molecule has 4 rings (SSSR count). The number of amidine groups is 1. The number of thioether (sulfide) groups is 1. The molecule has 38 heavy (non-hydrogen) atoms. The van der Waals surface area contributed by atoms with Crippen LogP contribution in [0.3, 0.4) is 0 Å². The van der Waals surface area contributed by atoms with Gasteiger partial charge in [0, 0.05) is 43.4 Å². The zero-order valence-electron chi connectivity index (χ0n) is 20.3. The molecule has 1 fully saturated rings. The van der Waals surface area contributed by atoms with Crippen LogP contribution in [0.5, 0.6) is 11.5 Å². The van der Waals surface area contributed by atoms with Gasteiger partial charge in [0.25, 0.3) is 5.91 Å². The van der Waals surface area contributed by atoms with Crippen LogP contribution in [-0.4, -0.2) is 61.2 Å². The SMILES string of the molecule is COc1cc(OCc2ccc(C(F)(F)F)cc2C(F)(F)F)ccc1C=C1SC(N2CCN(C)CC2)=NC1=O. The first-order valence-corrected chi connectivity index (χ1v) is 12.2. The fourth-order valence-corrected chi connectivity index (χ4v) is 4.83. The minimum Gasteiger partial charge on any atom is -0.496 e. The highest BCUT2D eigenvalue weighted by atomic mass is 32.2. The number of carbonyl (C=O) groups excluding carboxylic acids is 1. The number of carbonyl (C=O) groups is 1. The highest BCUT2D eigenvalue weighted by Gasteiger charge is 2.38. The van der Waals surface area contributed by atoms with Crippen LogP contribution in [0.25, 0.3) is 6.08 Å². The summed E-state index contributed by atoms with van der Waals surface area (Å²) in [6.45, 7) is 2.62. The van der Waals surface area contributed by atoms with Gasteiger partial charge in [-0.05, 0) is 49.2 Å². The van der Waals surface area contributed by atoms with E-state index in [9.17, 15) is 31.1 Å². The van der Waals surface area contributed by atoms with E-state index in [2.05, 4.69) is 9.89 Å². The first-order chi connectivity index (χ1) is 17.8. The summed E-state index contributed by atoms with van der Waals surface area (Å²) in [6.07, 6.45) is -8.30. The Labute approximate surface area is 218 Å². The van der Waals surface area contributed by atoms with Crippen LogP contribution in [-0.2, 0) is 23.8 Å². The number of hydrogen-bond acceptors (Lipinski definition) is 6. The van der Waals surface area contributed by atoms with E-state index in [0.717, 1.165) is 32.2 Å². The fourth-order valence-electron chi connectivity index (χ4n) is 3.88. The van der Waals surface area contributed by atoms with E-state index in [1.165, 1.54) is 31.0 Å². The molecule has 2 aromatic rings. The van der Waals surface area contributed by atoms with E-state index >= 15 is 0 Å². The number of amides is 1. The molecule has 0 aliphatic carbocycles. The van der Waals surface area contributed by atoms with Gasteiger partial charge in [0.1, 0.15) is 18.1 Å². The molecule has 0 spiro atoms. The topological polar surface area (TPSA) is 54.4 Å². The number of halogens is 6. The van der Waals surface area contributed by atoms with Crippen molar-refractivity contribution >= 4 is 28.9 Å². The Morgan fingerprint density at radius 1 is 1.00 bits per heavy atom. The Morgan fingerprint density at radius 2 is 1.71 bits per heavy atom. The van der Waals surface area contributed by atoms with Crippen LogP contribution in [0.15, 0.2) is 46.3 Å². The van der Waals surface area contributed by atoms with E-state index in [4.69, 9.17) is 9.47 Å². The highest BCUT2D eigenvalue weighted by molar-refractivity contribution is 8.18. The molecular weight excluding hydrogens is 536 g/mol. The average molecular weight is 560 g/mol. The van der Waals surface area contributed by atoms with Crippen molar-refractivity contribution in [1.82, 2.24) is 9.80 Å². The molecule has 0 unspecified atom stereocenters. The second kappa shape index (κ2) is 10.9. The standard InChI is InChI=1S/C25H23F6N3O3S/c1-33-7-9-34(10-8-33)23-32-22(35)21(38-23)11-15-4-6-18(13-20(15)36-2)37-14-16-3-5-17(24(26,27)28)12-19(16)25(29,30)31/h3-6,11-13H,7-10,14H2,1-2H3. The number of rotatable bonds is 5. The third-order valence-corrected chi connectivity index (χ3v) is 7.06. The zero-order chi connectivity index (χ0) is 27.7. The number of nitrogens with zero attached hydrogens (tertiary/aromatic N) is 3. The van der Waals surface area contributed by atoms with E-state index in [1.54, 1.807) is 12.1 Å². The van der Waals surface area contributed by atoms with E-state index in [-0.39, 0.29) is 17.7 Å². The normalized spacial score (nSPS) is 18.2. The maximum Gasteiger partial charge on any atom is 0.416 e. The lowest BCUT2D eigenvalue weighted by Crippen LogP contribution is -2.46. The van der Waals surface area contributed by atoms with Crippen molar-refractivity contribution in [1.29, 1.82) is 0 Å². The van der Waals surface area contributed by atoms with Crippen LogP contribution in [0.1, 0.15) is 22.3 Å². The summed E-state index contributed by atoms with van der Waals surface area (Å²) in [6, 6.07) is 5.87. The van der Waals surface area contributed by atoms with Crippen molar-refractivity contribution in [3.8, 4) is 11.5 Å². The van der Waals surface area contributed by atoms with Gasteiger partial charge in [0.15, 0.2) is 5.17 Å². The molecule has 0 N–H and O–H groups in total. The van der Waals surface area contributed by atoms with Crippen LogP contribution < -0.4 is 9.47 Å². The largest absolute Gasteiger partial charge is 0.496 e. The summed E-state index contributed by atoms with van der Waals surface area (Å²) in [4.78, 5) is 21.3. The highest BCUT2D eigenvalue weighted by Crippen LogP contribution is 2.38. The number of aliphatic imine (C=N–C) groups is 1. The first-order valence-electron chi connectivity index (χ1n) is 11.4. The maximum absolute atomic E-state index is 13.4. The molecule has 2 aromatic carbocycles. The molecule has 6 nitrogen and oxygen atoms in total. The van der Waals surface area contributed by atoms with Crippen LogP contribution in [0.2, 0.25) is 0 Å². The lowest BCUT2D eigenvalue weighted by Gasteiger charge is -2.32. The van der Waals surface area contributed by atoms with Crippen molar-refractivity contribution < 1.29 is 40.6 Å². The zero-order valence-corrected chi connectivity index (χ0v) is 21.1. The van der Waals surface area contributed by atoms with E-state index in [1.807, 2.05) is 11.9 Å². The molecule has 1 amide bonds.